The van der Waals surface area contributed by atoms with Gasteiger partial charge in [-0.3, -0.25) is 4.79 Å². The Balaban J connectivity index is 2.56. The molecule has 1 rings (SSSR count). The van der Waals surface area contributed by atoms with Crippen molar-refractivity contribution in [1.29, 1.82) is 0 Å². The molecule has 0 aliphatic heterocycles. The first-order chi connectivity index (χ1) is 11.9. The quantitative estimate of drug-likeness (QED) is 0.381. The Morgan fingerprint density at radius 2 is 1.92 bits per heavy atom. The highest BCUT2D eigenvalue weighted by Crippen LogP contribution is 2.23. The molecule has 0 aliphatic rings. The predicted octanol–water partition coefficient (Wildman–Crippen LogP) is 1.65. The molecule has 0 saturated carbocycles. The van der Waals surface area contributed by atoms with Crippen molar-refractivity contribution in [3.8, 4) is 0 Å². The van der Waals surface area contributed by atoms with Crippen molar-refractivity contribution in [3.63, 3.8) is 0 Å². The fourth-order valence-electron chi connectivity index (χ4n) is 1.75. The largest absolute Gasteiger partial charge is 0.460 e. The fourth-order valence-corrected chi connectivity index (χ4v) is 2.62. The van der Waals surface area contributed by atoms with Crippen LogP contribution in [0.5, 0.6) is 0 Å². The minimum atomic E-state index is -0.636. The van der Waals surface area contributed by atoms with Crippen LogP contribution in [0.1, 0.15) is 24.2 Å². The molecule has 1 N–H and O–H groups in total. The van der Waals surface area contributed by atoms with Gasteiger partial charge in [0.1, 0.15) is 0 Å². The Hall–Kier alpha value is -2.06. The number of ether oxygens (including phenoxy) is 3. The number of amides is 1. The van der Waals surface area contributed by atoms with Crippen molar-refractivity contribution in [1.82, 2.24) is 5.32 Å². The maximum atomic E-state index is 12.2. The van der Waals surface area contributed by atoms with Gasteiger partial charge in [-0.25, -0.2) is 9.59 Å². The van der Waals surface area contributed by atoms with Crippen molar-refractivity contribution in [2.24, 2.45) is 0 Å². The average Bonchev–Trinajstić information content (AvgIpc) is 2.58. The van der Waals surface area contributed by atoms with E-state index in [1.54, 1.807) is 45.2 Å². The number of thioether (sulfide) groups is 1. The molecule has 0 unspecified atom stereocenters. The molecule has 1 amide bonds. The van der Waals surface area contributed by atoms with E-state index < -0.39 is 18.5 Å². The summed E-state index contributed by atoms with van der Waals surface area (Å²) in [6.45, 7) is 3.84. The van der Waals surface area contributed by atoms with Gasteiger partial charge >= 0.3 is 11.9 Å². The van der Waals surface area contributed by atoms with Gasteiger partial charge in [0, 0.05) is 18.6 Å². The van der Waals surface area contributed by atoms with Gasteiger partial charge in [-0.15, -0.1) is 11.8 Å². The van der Waals surface area contributed by atoms with Gasteiger partial charge in [0.25, 0.3) is 0 Å². The Morgan fingerprint density at radius 3 is 2.60 bits per heavy atom. The minimum Gasteiger partial charge on any atom is -0.460 e. The molecule has 0 fully saturated rings. The van der Waals surface area contributed by atoms with Crippen LogP contribution in [0.25, 0.3) is 0 Å². The number of hydrogen-bond donors (Lipinski definition) is 1. The normalized spacial score (nSPS) is 10.4. The second-order valence-corrected chi connectivity index (χ2v) is 6.26. The Labute approximate surface area is 151 Å². The molecule has 0 aromatic heterocycles. The molecule has 8 heteroatoms. The van der Waals surface area contributed by atoms with E-state index in [2.05, 4.69) is 5.32 Å². The van der Waals surface area contributed by atoms with Crippen LogP contribution in [-0.2, 0) is 23.8 Å². The molecular weight excluding hydrogens is 346 g/mol. The van der Waals surface area contributed by atoms with Crippen molar-refractivity contribution in [3.05, 3.63) is 29.8 Å². The molecule has 0 spiro atoms. The summed E-state index contributed by atoms with van der Waals surface area (Å²) in [6, 6.07) is 6.75. The average molecular weight is 369 g/mol. The van der Waals surface area contributed by atoms with E-state index >= 15 is 0 Å². The third kappa shape index (κ3) is 8.55. The highest BCUT2D eigenvalue weighted by Gasteiger charge is 2.16. The molecule has 138 valence electrons. The lowest BCUT2D eigenvalue weighted by atomic mass is 10.2. The number of carbonyl (C=O) groups is 3. The van der Waals surface area contributed by atoms with Crippen LogP contribution in [-0.4, -0.2) is 56.6 Å². The van der Waals surface area contributed by atoms with E-state index in [-0.39, 0.29) is 17.8 Å². The number of carbonyl (C=O) groups excluding carboxylic acids is 3. The van der Waals surface area contributed by atoms with Crippen molar-refractivity contribution >= 4 is 29.6 Å². The van der Waals surface area contributed by atoms with Crippen LogP contribution in [0.15, 0.2) is 29.2 Å². The highest BCUT2D eigenvalue weighted by molar-refractivity contribution is 8.00. The number of methoxy groups -OCH3 is 1. The molecule has 1 aromatic rings. The molecule has 25 heavy (non-hydrogen) atoms. The first-order valence-corrected chi connectivity index (χ1v) is 8.76. The smallest absolute Gasteiger partial charge is 0.344 e. The van der Waals surface area contributed by atoms with Crippen molar-refractivity contribution < 1.29 is 28.6 Å². The summed E-state index contributed by atoms with van der Waals surface area (Å²) in [6.07, 6.45) is -0.273. The van der Waals surface area contributed by atoms with E-state index in [0.717, 1.165) is 0 Å². The molecular formula is C17H23NO6S. The van der Waals surface area contributed by atoms with Crippen LogP contribution < -0.4 is 5.32 Å². The summed E-state index contributed by atoms with van der Waals surface area (Å²) in [5.74, 6) is -1.25. The number of nitrogens with one attached hydrogen (secondary N) is 1. The van der Waals surface area contributed by atoms with Gasteiger partial charge in [-0.05, 0) is 26.0 Å². The number of benzene rings is 1. The first kappa shape index (κ1) is 21.0. The lowest BCUT2D eigenvalue weighted by Gasteiger charge is -2.10. The molecule has 0 saturated heterocycles. The maximum absolute atomic E-state index is 12.2. The van der Waals surface area contributed by atoms with E-state index in [4.69, 9.17) is 14.2 Å². The first-order valence-electron chi connectivity index (χ1n) is 7.78. The monoisotopic (exact) mass is 369 g/mol. The Morgan fingerprint density at radius 1 is 1.20 bits per heavy atom. The van der Waals surface area contributed by atoms with Gasteiger partial charge in [0.15, 0.2) is 6.61 Å². The van der Waals surface area contributed by atoms with E-state index in [0.29, 0.717) is 23.6 Å². The van der Waals surface area contributed by atoms with Gasteiger partial charge in [0.2, 0.25) is 5.91 Å². The molecule has 0 radical (unpaired) electrons. The molecule has 0 heterocycles. The zero-order chi connectivity index (χ0) is 18.7. The third-order valence-corrected chi connectivity index (χ3v) is 3.86. The summed E-state index contributed by atoms with van der Waals surface area (Å²) < 4.78 is 14.7. The summed E-state index contributed by atoms with van der Waals surface area (Å²) in [7, 11) is 1.56. The maximum Gasteiger partial charge on any atom is 0.344 e. The molecule has 0 aliphatic carbocycles. The Kier molecular flexibility index (Phi) is 9.64. The van der Waals surface area contributed by atoms with Crippen LogP contribution >= 0.6 is 11.8 Å². The topological polar surface area (TPSA) is 90.9 Å². The number of esters is 2. The molecule has 1 aromatic carbocycles. The predicted molar refractivity (Wildman–Crippen MR) is 93.6 cm³/mol. The molecule has 7 nitrogen and oxygen atoms in total. The van der Waals surface area contributed by atoms with Gasteiger partial charge in [0.05, 0.1) is 24.0 Å². The second-order valence-electron chi connectivity index (χ2n) is 5.24. The van der Waals surface area contributed by atoms with Gasteiger partial charge < -0.3 is 19.5 Å². The second kappa shape index (κ2) is 11.5. The van der Waals surface area contributed by atoms with Crippen molar-refractivity contribution in [2.75, 3.05) is 32.6 Å². The SMILES string of the molecule is COCCNC(=O)CSc1ccccc1C(=O)OCC(=O)OC(C)C. The highest BCUT2D eigenvalue weighted by atomic mass is 32.2. The lowest BCUT2D eigenvalue weighted by Crippen LogP contribution is -2.28. The summed E-state index contributed by atoms with van der Waals surface area (Å²) in [5.41, 5.74) is 0.300. The van der Waals surface area contributed by atoms with E-state index in [1.807, 2.05) is 0 Å². The number of hydrogen-bond acceptors (Lipinski definition) is 7. The molecule has 0 atom stereocenters. The van der Waals surface area contributed by atoms with Crippen LogP contribution in [0.3, 0.4) is 0 Å². The fraction of sp³-hybridized carbons (Fsp3) is 0.471. The van der Waals surface area contributed by atoms with Gasteiger partial charge in [-0.1, -0.05) is 12.1 Å². The van der Waals surface area contributed by atoms with Crippen LogP contribution in [0.2, 0.25) is 0 Å². The van der Waals surface area contributed by atoms with Crippen LogP contribution in [0.4, 0.5) is 0 Å². The number of rotatable bonds is 10. The summed E-state index contributed by atoms with van der Waals surface area (Å²) in [5, 5.41) is 2.70. The summed E-state index contributed by atoms with van der Waals surface area (Å²) >= 11 is 1.22. The van der Waals surface area contributed by atoms with E-state index in [1.165, 1.54) is 11.8 Å². The van der Waals surface area contributed by atoms with Crippen LogP contribution in [0, 0.1) is 0 Å². The van der Waals surface area contributed by atoms with Gasteiger partial charge in [-0.2, -0.15) is 0 Å². The van der Waals surface area contributed by atoms with E-state index in [9.17, 15) is 14.4 Å². The Bertz CT molecular complexity index is 590. The molecule has 0 bridgehead atoms. The zero-order valence-corrected chi connectivity index (χ0v) is 15.4. The summed E-state index contributed by atoms with van der Waals surface area (Å²) in [4.78, 5) is 35.9. The lowest BCUT2D eigenvalue weighted by molar-refractivity contribution is -0.151. The standard InChI is InChI=1S/C17H23NO6S/c1-12(2)24-16(20)10-23-17(21)13-6-4-5-7-14(13)25-11-15(19)18-8-9-22-3/h4-7,12H,8-11H2,1-3H3,(H,18,19). The minimum absolute atomic E-state index is 0.156. The van der Waals surface area contributed by atoms with Crippen molar-refractivity contribution in [2.45, 2.75) is 24.8 Å². The zero-order valence-electron chi connectivity index (χ0n) is 14.6. The third-order valence-electron chi connectivity index (χ3n) is 2.78.